The van der Waals surface area contributed by atoms with Crippen molar-refractivity contribution in [3.05, 3.63) is 57.0 Å². The molecule has 3 aromatic rings. The first-order valence-electron chi connectivity index (χ1n) is 7.38. The summed E-state index contributed by atoms with van der Waals surface area (Å²) in [7, 11) is 0. The number of rotatable bonds is 4. The molecule has 0 saturated carbocycles. The molecule has 0 fully saturated rings. The van der Waals surface area contributed by atoms with E-state index in [4.69, 9.17) is 11.6 Å². The molecule has 2 aromatic heterocycles. The highest BCUT2D eigenvalue weighted by Crippen LogP contribution is 2.26. The maximum atomic E-state index is 12.3. The molecule has 0 aliphatic rings. The first kappa shape index (κ1) is 17.5. The van der Waals surface area contributed by atoms with Gasteiger partial charge in [-0.1, -0.05) is 11.6 Å². The number of aromatic nitrogens is 4. The van der Waals surface area contributed by atoms with Crippen LogP contribution in [0, 0.1) is 13.8 Å². The minimum atomic E-state index is -0.439. The van der Waals surface area contributed by atoms with Gasteiger partial charge in [-0.2, -0.15) is 10.2 Å². The van der Waals surface area contributed by atoms with Crippen molar-refractivity contribution in [2.75, 3.05) is 5.32 Å². The summed E-state index contributed by atoms with van der Waals surface area (Å²) in [5.74, 6) is -0.504. The van der Waals surface area contributed by atoms with Gasteiger partial charge in [0, 0.05) is 11.2 Å². The van der Waals surface area contributed by atoms with E-state index < -0.39 is 5.91 Å². The molecular formula is C16H15BrClN5O2. The van der Waals surface area contributed by atoms with Gasteiger partial charge in [-0.05, 0) is 54.0 Å². The number of hydrogen-bond donors (Lipinski definition) is 2. The molecule has 1 amide bonds. The summed E-state index contributed by atoms with van der Waals surface area (Å²) in [6.45, 7) is 4.24. The number of nitrogens with one attached hydrogen (secondary N) is 1. The minimum Gasteiger partial charge on any atom is -0.506 e. The number of aryl methyl sites for hydroxylation is 1. The number of anilines is 1. The Bertz CT molecular complexity index is 950. The predicted octanol–water partition coefficient (Wildman–Crippen LogP) is 3.58. The summed E-state index contributed by atoms with van der Waals surface area (Å²) in [5, 5.41) is 21.4. The summed E-state index contributed by atoms with van der Waals surface area (Å²) in [6.07, 6.45) is 1.69. The number of nitrogens with zero attached hydrogens (tertiary/aromatic N) is 4. The summed E-state index contributed by atoms with van der Waals surface area (Å²) in [5.41, 5.74) is 2.32. The Labute approximate surface area is 157 Å². The zero-order chi connectivity index (χ0) is 18.1. The number of amides is 1. The van der Waals surface area contributed by atoms with Crippen molar-refractivity contribution in [1.29, 1.82) is 0 Å². The molecule has 1 aromatic carbocycles. The van der Waals surface area contributed by atoms with Crippen LogP contribution in [0.3, 0.4) is 0 Å². The average molecular weight is 425 g/mol. The Hall–Kier alpha value is -2.32. The van der Waals surface area contributed by atoms with Crippen LogP contribution in [0.25, 0.3) is 0 Å². The lowest BCUT2D eigenvalue weighted by Gasteiger charge is -2.06. The van der Waals surface area contributed by atoms with Crippen LogP contribution in [0.4, 0.5) is 5.69 Å². The van der Waals surface area contributed by atoms with Crippen LogP contribution in [0.5, 0.6) is 5.75 Å². The second kappa shape index (κ2) is 6.89. The number of halogens is 2. The van der Waals surface area contributed by atoms with Crippen molar-refractivity contribution < 1.29 is 9.90 Å². The number of hydrogen-bond acceptors (Lipinski definition) is 4. The number of phenols is 1. The van der Waals surface area contributed by atoms with Gasteiger partial charge in [0.1, 0.15) is 12.4 Å². The maximum absolute atomic E-state index is 12.3. The van der Waals surface area contributed by atoms with E-state index in [-0.39, 0.29) is 17.1 Å². The van der Waals surface area contributed by atoms with Gasteiger partial charge in [-0.25, -0.2) is 4.68 Å². The molecule has 7 nitrogen and oxygen atoms in total. The Balaban J connectivity index is 1.75. The fraction of sp³-hybridized carbons (Fsp3) is 0.188. The summed E-state index contributed by atoms with van der Waals surface area (Å²) in [4.78, 5) is 12.3. The summed E-state index contributed by atoms with van der Waals surface area (Å²) in [6, 6.07) is 6.02. The molecule has 0 radical (unpaired) electrons. The van der Waals surface area contributed by atoms with Crippen LogP contribution in [0.15, 0.2) is 34.9 Å². The smallest absolute Gasteiger partial charge is 0.276 e. The molecule has 0 aliphatic heterocycles. The second-order valence-electron chi connectivity index (χ2n) is 5.48. The maximum Gasteiger partial charge on any atom is 0.276 e. The van der Waals surface area contributed by atoms with Crippen LogP contribution < -0.4 is 5.32 Å². The number of benzene rings is 1. The van der Waals surface area contributed by atoms with Gasteiger partial charge in [-0.15, -0.1) is 0 Å². The van der Waals surface area contributed by atoms with E-state index in [1.807, 2.05) is 13.8 Å². The Morgan fingerprint density at radius 1 is 1.32 bits per heavy atom. The number of carbonyl (C=O) groups excluding carboxylic acids is 1. The van der Waals surface area contributed by atoms with Gasteiger partial charge in [0.15, 0.2) is 5.69 Å². The lowest BCUT2D eigenvalue weighted by molar-refractivity contribution is 0.102. The first-order valence-corrected chi connectivity index (χ1v) is 8.55. The molecule has 0 saturated heterocycles. The van der Waals surface area contributed by atoms with E-state index in [9.17, 15) is 9.90 Å². The third-order valence-corrected chi connectivity index (χ3v) is 5.03. The van der Waals surface area contributed by atoms with E-state index >= 15 is 0 Å². The van der Waals surface area contributed by atoms with Gasteiger partial charge < -0.3 is 10.4 Å². The minimum absolute atomic E-state index is 0.0651. The molecule has 130 valence electrons. The van der Waals surface area contributed by atoms with Crippen LogP contribution in [0.1, 0.15) is 21.9 Å². The standard InChI is InChI=1S/C16H15BrClN5O2/c1-9-15(17)10(2)23(20-9)8-22-6-5-12(21-22)16(25)19-13-7-11(18)3-4-14(13)24/h3-7,24H,8H2,1-2H3,(H,19,25). The molecule has 0 spiro atoms. The zero-order valence-electron chi connectivity index (χ0n) is 13.5. The lowest BCUT2D eigenvalue weighted by Crippen LogP contribution is -2.15. The van der Waals surface area contributed by atoms with E-state index in [2.05, 4.69) is 31.4 Å². The van der Waals surface area contributed by atoms with Crippen molar-refractivity contribution in [3.8, 4) is 5.75 Å². The number of carbonyl (C=O) groups is 1. The van der Waals surface area contributed by atoms with Crippen LogP contribution >= 0.6 is 27.5 Å². The van der Waals surface area contributed by atoms with Crippen molar-refractivity contribution in [3.63, 3.8) is 0 Å². The molecule has 0 unspecified atom stereocenters. The third kappa shape index (κ3) is 3.69. The molecule has 25 heavy (non-hydrogen) atoms. The Kier molecular flexibility index (Phi) is 4.82. The predicted molar refractivity (Wildman–Crippen MR) is 98.1 cm³/mol. The van der Waals surface area contributed by atoms with Gasteiger partial charge in [0.05, 0.1) is 21.5 Å². The number of aromatic hydroxyl groups is 1. The largest absolute Gasteiger partial charge is 0.506 e. The van der Waals surface area contributed by atoms with Gasteiger partial charge in [0.2, 0.25) is 0 Å². The van der Waals surface area contributed by atoms with Gasteiger partial charge >= 0.3 is 0 Å². The Morgan fingerprint density at radius 3 is 2.76 bits per heavy atom. The lowest BCUT2D eigenvalue weighted by atomic mass is 10.3. The molecule has 0 bridgehead atoms. The second-order valence-corrected chi connectivity index (χ2v) is 6.71. The fourth-order valence-electron chi connectivity index (χ4n) is 2.31. The first-order chi connectivity index (χ1) is 11.8. The molecular weight excluding hydrogens is 410 g/mol. The summed E-state index contributed by atoms with van der Waals surface area (Å²) >= 11 is 9.35. The van der Waals surface area contributed by atoms with Crippen molar-refractivity contribution in [1.82, 2.24) is 19.6 Å². The quantitative estimate of drug-likeness (QED) is 0.627. The highest BCUT2D eigenvalue weighted by atomic mass is 79.9. The Morgan fingerprint density at radius 2 is 2.08 bits per heavy atom. The molecule has 0 aliphatic carbocycles. The average Bonchev–Trinajstić information content (AvgIpc) is 3.13. The van der Waals surface area contributed by atoms with Crippen molar-refractivity contribution in [2.45, 2.75) is 20.5 Å². The van der Waals surface area contributed by atoms with Crippen LogP contribution in [-0.4, -0.2) is 30.6 Å². The van der Waals surface area contributed by atoms with Crippen molar-refractivity contribution in [2.24, 2.45) is 0 Å². The molecule has 9 heteroatoms. The zero-order valence-corrected chi connectivity index (χ0v) is 15.8. The van der Waals surface area contributed by atoms with Gasteiger partial charge in [0.25, 0.3) is 5.91 Å². The summed E-state index contributed by atoms with van der Waals surface area (Å²) < 4.78 is 4.35. The normalized spacial score (nSPS) is 10.9. The van der Waals surface area contributed by atoms with Crippen LogP contribution in [-0.2, 0) is 6.67 Å². The topological polar surface area (TPSA) is 85.0 Å². The molecule has 2 N–H and O–H groups in total. The van der Waals surface area contributed by atoms with Crippen molar-refractivity contribution >= 4 is 39.1 Å². The van der Waals surface area contributed by atoms with E-state index in [0.29, 0.717) is 11.7 Å². The molecule has 3 rings (SSSR count). The number of phenolic OH excluding ortho intramolecular Hbond substituents is 1. The van der Waals surface area contributed by atoms with E-state index in [1.54, 1.807) is 21.6 Å². The third-order valence-electron chi connectivity index (χ3n) is 3.65. The highest BCUT2D eigenvalue weighted by Gasteiger charge is 2.14. The van der Waals surface area contributed by atoms with Crippen LogP contribution in [0.2, 0.25) is 5.02 Å². The van der Waals surface area contributed by atoms with E-state index in [1.165, 1.54) is 18.2 Å². The van der Waals surface area contributed by atoms with Gasteiger partial charge in [-0.3, -0.25) is 9.48 Å². The monoisotopic (exact) mass is 423 g/mol. The molecule has 2 heterocycles. The fourth-order valence-corrected chi connectivity index (χ4v) is 2.76. The molecule has 0 atom stereocenters. The van der Waals surface area contributed by atoms with E-state index in [0.717, 1.165) is 15.9 Å². The SMILES string of the molecule is Cc1nn(Cn2ccc(C(=O)Nc3cc(Cl)ccc3O)n2)c(C)c1Br. The highest BCUT2D eigenvalue weighted by molar-refractivity contribution is 9.10.